The Morgan fingerprint density at radius 1 is 1.53 bits per heavy atom. The molecule has 0 aliphatic heterocycles. The Morgan fingerprint density at radius 3 is 2.79 bits per heavy atom. The summed E-state index contributed by atoms with van der Waals surface area (Å²) in [5.41, 5.74) is 2.54. The van der Waals surface area contributed by atoms with Gasteiger partial charge in [0, 0.05) is 6.54 Å². The summed E-state index contributed by atoms with van der Waals surface area (Å²) in [4.78, 5) is 15.5. The van der Waals surface area contributed by atoms with Crippen molar-refractivity contribution in [3.63, 3.8) is 0 Å². The van der Waals surface area contributed by atoms with Crippen molar-refractivity contribution in [3.8, 4) is 0 Å². The van der Waals surface area contributed by atoms with Gasteiger partial charge in [0.1, 0.15) is 5.82 Å². The molecule has 0 saturated heterocycles. The van der Waals surface area contributed by atoms with Gasteiger partial charge in [-0.3, -0.25) is 0 Å². The number of aromatic nitrogens is 2. The monoisotopic (exact) mass is 258 g/mol. The number of carbonyl (C=O) groups is 1. The first kappa shape index (κ1) is 12.2. The Bertz CT molecular complexity index is 670. The minimum atomic E-state index is -0.905. The van der Waals surface area contributed by atoms with Crippen molar-refractivity contribution in [2.24, 2.45) is 11.3 Å². The van der Waals surface area contributed by atoms with E-state index < -0.39 is 5.97 Å². The number of aryl methyl sites for hydroxylation is 1. The molecule has 1 aliphatic rings. The van der Waals surface area contributed by atoms with Gasteiger partial charge in [-0.05, 0) is 42.9 Å². The summed E-state index contributed by atoms with van der Waals surface area (Å²) in [6.45, 7) is 7.53. The van der Waals surface area contributed by atoms with Crippen LogP contribution in [-0.2, 0) is 6.54 Å². The lowest BCUT2D eigenvalue weighted by molar-refractivity contribution is 0.0697. The van der Waals surface area contributed by atoms with E-state index in [1.165, 1.54) is 6.42 Å². The van der Waals surface area contributed by atoms with E-state index >= 15 is 0 Å². The molecule has 1 N–H and O–H groups in total. The highest BCUT2D eigenvalue weighted by Crippen LogP contribution is 2.52. The minimum Gasteiger partial charge on any atom is -0.478 e. The molecule has 4 heteroatoms. The average molecular weight is 258 g/mol. The highest BCUT2D eigenvalue weighted by molar-refractivity contribution is 5.92. The third-order valence-electron chi connectivity index (χ3n) is 4.31. The first-order valence-electron chi connectivity index (χ1n) is 6.59. The fraction of sp³-hybridized carbons (Fsp3) is 0.467. The normalized spacial score (nSPS) is 20.7. The fourth-order valence-electron chi connectivity index (χ4n) is 2.72. The third-order valence-corrected chi connectivity index (χ3v) is 4.31. The van der Waals surface area contributed by atoms with E-state index in [1.54, 1.807) is 12.1 Å². The smallest absolute Gasteiger partial charge is 0.335 e. The molecule has 1 saturated carbocycles. The molecule has 1 heterocycles. The lowest BCUT2D eigenvalue weighted by Gasteiger charge is -2.08. The Balaban J connectivity index is 2.00. The van der Waals surface area contributed by atoms with E-state index in [2.05, 4.69) is 23.4 Å². The zero-order valence-corrected chi connectivity index (χ0v) is 11.5. The Morgan fingerprint density at radius 2 is 2.21 bits per heavy atom. The molecule has 0 bridgehead atoms. The van der Waals surface area contributed by atoms with Crippen LogP contribution in [0.3, 0.4) is 0 Å². The summed E-state index contributed by atoms with van der Waals surface area (Å²) in [6.07, 6.45) is 1.25. The highest BCUT2D eigenvalue weighted by Gasteiger charge is 2.45. The van der Waals surface area contributed by atoms with Crippen LogP contribution in [0.2, 0.25) is 0 Å². The highest BCUT2D eigenvalue weighted by atomic mass is 16.4. The predicted octanol–water partition coefficient (Wildman–Crippen LogP) is 3.09. The number of hydrogen-bond acceptors (Lipinski definition) is 2. The van der Waals surface area contributed by atoms with E-state index in [0.29, 0.717) is 16.9 Å². The number of rotatable bonds is 3. The average Bonchev–Trinajstić information content (AvgIpc) is 2.80. The summed E-state index contributed by atoms with van der Waals surface area (Å²) in [7, 11) is 0. The molecule has 1 fully saturated rings. The minimum absolute atomic E-state index is 0.295. The molecule has 0 amide bonds. The largest absolute Gasteiger partial charge is 0.478 e. The van der Waals surface area contributed by atoms with Crippen LogP contribution >= 0.6 is 0 Å². The van der Waals surface area contributed by atoms with Gasteiger partial charge in [-0.1, -0.05) is 13.8 Å². The summed E-state index contributed by atoms with van der Waals surface area (Å²) < 4.78 is 2.21. The molecule has 1 aliphatic carbocycles. The van der Waals surface area contributed by atoms with Gasteiger partial charge in [-0.2, -0.15) is 0 Å². The van der Waals surface area contributed by atoms with Crippen LogP contribution in [0.5, 0.6) is 0 Å². The topological polar surface area (TPSA) is 55.1 Å². The lowest BCUT2D eigenvalue weighted by Crippen LogP contribution is -2.05. The SMILES string of the molecule is Cc1nc2cc(C(=O)O)ccc2n1CC1CC1(C)C. The van der Waals surface area contributed by atoms with Crippen LogP contribution in [-0.4, -0.2) is 20.6 Å². The van der Waals surface area contributed by atoms with Crippen LogP contribution in [0.15, 0.2) is 18.2 Å². The van der Waals surface area contributed by atoms with Crippen LogP contribution in [0, 0.1) is 18.3 Å². The second-order valence-electron chi connectivity index (χ2n) is 6.17. The fourth-order valence-corrected chi connectivity index (χ4v) is 2.72. The maximum atomic E-state index is 11.0. The quantitative estimate of drug-likeness (QED) is 0.920. The van der Waals surface area contributed by atoms with Gasteiger partial charge in [0.05, 0.1) is 16.6 Å². The molecule has 1 aromatic heterocycles. The number of imidazole rings is 1. The molecule has 4 nitrogen and oxygen atoms in total. The summed E-state index contributed by atoms with van der Waals surface area (Å²) in [6, 6.07) is 5.17. The van der Waals surface area contributed by atoms with Crippen LogP contribution < -0.4 is 0 Å². The molecule has 0 spiro atoms. The number of hydrogen-bond donors (Lipinski definition) is 1. The standard InChI is InChI=1S/C15H18N2O2/c1-9-16-12-6-10(14(18)19)4-5-13(12)17(9)8-11-7-15(11,2)3/h4-6,11H,7-8H2,1-3H3,(H,18,19). The summed E-state index contributed by atoms with van der Waals surface area (Å²) in [5.74, 6) is 0.750. The molecule has 19 heavy (non-hydrogen) atoms. The van der Waals surface area contributed by atoms with Crippen molar-refractivity contribution >= 4 is 17.0 Å². The summed E-state index contributed by atoms with van der Waals surface area (Å²) in [5, 5.41) is 9.01. The van der Waals surface area contributed by atoms with E-state index in [0.717, 1.165) is 23.4 Å². The number of nitrogens with zero attached hydrogens (tertiary/aromatic N) is 2. The number of benzene rings is 1. The number of carboxylic acid groups (broad SMARTS) is 1. The van der Waals surface area contributed by atoms with Gasteiger partial charge in [0.15, 0.2) is 0 Å². The zero-order valence-electron chi connectivity index (χ0n) is 11.5. The molecule has 0 radical (unpaired) electrons. The van der Waals surface area contributed by atoms with Crippen molar-refractivity contribution < 1.29 is 9.90 Å². The van der Waals surface area contributed by atoms with Crippen LogP contribution in [0.1, 0.15) is 36.5 Å². The Hall–Kier alpha value is -1.84. The van der Waals surface area contributed by atoms with Gasteiger partial charge in [-0.25, -0.2) is 9.78 Å². The number of carboxylic acids is 1. The van der Waals surface area contributed by atoms with Gasteiger partial charge in [0.25, 0.3) is 0 Å². The van der Waals surface area contributed by atoms with Crippen molar-refractivity contribution in [1.29, 1.82) is 0 Å². The first-order chi connectivity index (χ1) is 8.88. The van der Waals surface area contributed by atoms with E-state index in [9.17, 15) is 4.79 Å². The van der Waals surface area contributed by atoms with Crippen LogP contribution in [0.4, 0.5) is 0 Å². The second kappa shape index (κ2) is 3.83. The lowest BCUT2D eigenvalue weighted by atomic mass is 10.1. The molecule has 1 unspecified atom stereocenters. The van der Waals surface area contributed by atoms with Crippen molar-refractivity contribution in [1.82, 2.24) is 9.55 Å². The van der Waals surface area contributed by atoms with Gasteiger partial charge in [0.2, 0.25) is 0 Å². The van der Waals surface area contributed by atoms with E-state index in [1.807, 2.05) is 13.0 Å². The van der Waals surface area contributed by atoms with E-state index in [4.69, 9.17) is 5.11 Å². The second-order valence-corrected chi connectivity index (χ2v) is 6.17. The molecule has 2 aromatic rings. The molecule has 1 atom stereocenters. The van der Waals surface area contributed by atoms with Crippen LogP contribution in [0.25, 0.3) is 11.0 Å². The van der Waals surface area contributed by atoms with Gasteiger partial charge in [-0.15, -0.1) is 0 Å². The molecule has 1 aromatic carbocycles. The number of aromatic carboxylic acids is 1. The first-order valence-corrected chi connectivity index (χ1v) is 6.59. The molecule has 100 valence electrons. The number of fused-ring (bicyclic) bond motifs is 1. The molecular weight excluding hydrogens is 240 g/mol. The van der Waals surface area contributed by atoms with Gasteiger partial charge >= 0.3 is 5.97 Å². The third kappa shape index (κ3) is 2.01. The maximum Gasteiger partial charge on any atom is 0.335 e. The van der Waals surface area contributed by atoms with E-state index in [-0.39, 0.29) is 0 Å². The predicted molar refractivity (Wildman–Crippen MR) is 73.3 cm³/mol. The van der Waals surface area contributed by atoms with Crippen molar-refractivity contribution in [2.75, 3.05) is 0 Å². The van der Waals surface area contributed by atoms with Gasteiger partial charge < -0.3 is 9.67 Å². The Labute approximate surface area is 112 Å². The van der Waals surface area contributed by atoms with Crippen molar-refractivity contribution in [3.05, 3.63) is 29.6 Å². The molecule has 3 rings (SSSR count). The molecular formula is C15H18N2O2. The van der Waals surface area contributed by atoms with Crippen molar-refractivity contribution in [2.45, 2.75) is 33.7 Å². The summed E-state index contributed by atoms with van der Waals surface area (Å²) >= 11 is 0. The maximum absolute atomic E-state index is 11.0. The zero-order chi connectivity index (χ0) is 13.8. The Kier molecular flexibility index (Phi) is 2.46.